The lowest BCUT2D eigenvalue weighted by Crippen LogP contribution is -2.60. The van der Waals surface area contributed by atoms with E-state index in [1.807, 2.05) is 48.6 Å². The van der Waals surface area contributed by atoms with E-state index < -0.39 is 48.7 Å². The highest BCUT2D eigenvalue weighted by atomic mass is 16.4. The Hall–Kier alpha value is -2.54. The van der Waals surface area contributed by atoms with Gasteiger partial charge in [-0.05, 0) is 47.1 Å². The normalized spacial score (nSPS) is 32.6. The number of nitrogens with zero attached hydrogens (tertiary/aromatic N) is 2. The summed E-state index contributed by atoms with van der Waals surface area (Å²) in [6.45, 7) is -0.495. The second-order valence-corrected chi connectivity index (χ2v) is 10.1. The summed E-state index contributed by atoms with van der Waals surface area (Å²) in [5.41, 5.74) is 2.14. The summed E-state index contributed by atoms with van der Waals surface area (Å²) in [5, 5.41) is 81.6. The van der Waals surface area contributed by atoms with E-state index in [-0.39, 0.29) is 26.3 Å². The molecule has 2 saturated heterocycles. The van der Waals surface area contributed by atoms with Crippen molar-refractivity contribution in [2.75, 3.05) is 26.3 Å². The third-order valence-corrected chi connectivity index (χ3v) is 7.67. The van der Waals surface area contributed by atoms with E-state index in [0.29, 0.717) is 12.8 Å². The smallest absolute Gasteiger partial charge is 0.110 e. The lowest BCUT2D eigenvalue weighted by Gasteiger charge is -2.42. The number of hydrogen-bond acceptors (Lipinski definition) is 10. The van der Waals surface area contributed by atoms with Crippen LogP contribution in [0.5, 0.6) is 0 Å². The average Bonchev–Trinajstić information content (AvgIpc) is 2.91. The Labute approximate surface area is 221 Å². The maximum absolute atomic E-state index is 10.2. The molecule has 2 aromatic rings. The van der Waals surface area contributed by atoms with Crippen LogP contribution >= 0.6 is 0 Å². The first-order valence-corrected chi connectivity index (χ1v) is 12.9. The van der Waals surface area contributed by atoms with Crippen LogP contribution in [0.25, 0.3) is 10.8 Å². The maximum Gasteiger partial charge on any atom is 0.110 e. The lowest BCUT2D eigenvalue weighted by atomic mass is 9.94. The molecule has 208 valence electrons. The largest absolute Gasteiger partial charge is 0.394 e. The molecule has 0 aromatic heterocycles. The number of aliphatic hydroxyl groups excluding tert-OH is 8. The number of hydrogen-bond donors (Lipinski definition) is 8. The van der Waals surface area contributed by atoms with Crippen LogP contribution in [0.2, 0.25) is 0 Å². The number of aliphatic hydroxyl groups is 8. The summed E-state index contributed by atoms with van der Waals surface area (Å²) >= 11 is 0. The molecule has 2 fully saturated rings. The van der Waals surface area contributed by atoms with Crippen molar-refractivity contribution in [3.8, 4) is 0 Å². The minimum atomic E-state index is -1.30. The second kappa shape index (κ2) is 12.5. The zero-order valence-corrected chi connectivity index (χ0v) is 21.1. The van der Waals surface area contributed by atoms with Crippen molar-refractivity contribution in [2.24, 2.45) is 0 Å². The van der Waals surface area contributed by atoms with E-state index in [9.17, 15) is 40.9 Å². The Bertz CT molecular complexity index is 1040. The van der Waals surface area contributed by atoms with Crippen LogP contribution in [0.1, 0.15) is 11.1 Å². The molecule has 2 heterocycles. The van der Waals surface area contributed by atoms with Crippen LogP contribution < -0.4 is 0 Å². The van der Waals surface area contributed by atoms with E-state index in [0.717, 1.165) is 21.9 Å². The summed E-state index contributed by atoms with van der Waals surface area (Å²) in [5.74, 6) is 0. The topological polar surface area (TPSA) is 168 Å². The van der Waals surface area contributed by atoms with Gasteiger partial charge in [-0.2, -0.15) is 0 Å². The van der Waals surface area contributed by atoms with Gasteiger partial charge in [-0.25, -0.2) is 0 Å². The van der Waals surface area contributed by atoms with Crippen molar-refractivity contribution in [3.63, 3.8) is 0 Å². The van der Waals surface area contributed by atoms with Crippen molar-refractivity contribution >= 4 is 10.8 Å². The highest BCUT2D eigenvalue weighted by Gasteiger charge is 2.40. The van der Waals surface area contributed by atoms with E-state index in [4.69, 9.17) is 0 Å². The SMILES string of the molecule is OCC1C(O)C(O)C(O)CN1C=CCc1cccc2c(CC=CN3CC(O)C(O)C(O)C3CO)cccc12. The molecule has 8 unspecified atom stereocenters. The maximum atomic E-state index is 10.2. The number of fused-ring (bicyclic) bond motifs is 1. The molecule has 8 N–H and O–H groups in total. The number of likely N-dealkylation sites (tertiary alicyclic amines) is 2. The first-order chi connectivity index (χ1) is 18.3. The molecule has 2 aliphatic rings. The van der Waals surface area contributed by atoms with Gasteiger partial charge in [0, 0.05) is 13.1 Å². The van der Waals surface area contributed by atoms with Crippen LogP contribution in [-0.4, -0.2) is 126 Å². The Morgan fingerprint density at radius 2 is 1.00 bits per heavy atom. The first-order valence-electron chi connectivity index (χ1n) is 12.9. The molecule has 38 heavy (non-hydrogen) atoms. The molecule has 0 aliphatic carbocycles. The van der Waals surface area contributed by atoms with Gasteiger partial charge in [-0.15, -0.1) is 0 Å². The predicted octanol–water partition coefficient (Wildman–Crippen LogP) is -1.53. The van der Waals surface area contributed by atoms with Gasteiger partial charge < -0.3 is 50.7 Å². The van der Waals surface area contributed by atoms with E-state index in [1.165, 1.54) is 0 Å². The molecule has 4 rings (SSSR count). The van der Waals surface area contributed by atoms with Gasteiger partial charge in [0.05, 0.1) is 37.5 Å². The molecular weight excluding hydrogens is 492 g/mol. The van der Waals surface area contributed by atoms with Gasteiger partial charge in [-0.3, -0.25) is 0 Å². The van der Waals surface area contributed by atoms with Crippen molar-refractivity contribution in [1.82, 2.24) is 9.80 Å². The molecule has 8 atom stereocenters. The third kappa shape index (κ3) is 5.88. The molecule has 0 amide bonds. The van der Waals surface area contributed by atoms with E-state index in [1.54, 1.807) is 22.2 Å². The Morgan fingerprint density at radius 1 is 0.605 bits per heavy atom. The van der Waals surface area contributed by atoms with Gasteiger partial charge in [0.2, 0.25) is 0 Å². The van der Waals surface area contributed by atoms with Crippen molar-refractivity contribution in [2.45, 2.75) is 61.5 Å². The first kappa shape index (κ1) is 28.5. The zero-order chi connectivity index (χ0) is 27.4. The molecule has 0 bridgehead atoms. The fraction of sp³-hybridized carbons (Fsp3) is 0.500. The standard InChI is InChI=1S/C28H38N2O8/c31-15-21-25(35)27(37)23(33)13-29(21)11-3-7-17-5-1-9-19-18(6-2-10-20(17)19)8-4-12-30-14-24(34)28(38)26(36)22(30)16-32/h1-6,9-12,21-28,31-38H,7-8,13-16H2. The Balaban J connectivity index is 1.47. The van der Waals surface area contributed by atoms with E-state index in [2.05, 4.69) is 0 Å². The van der Waals surface area contributed by atoms with Gasteiger partial charge >= 0.3 is 0 Å². The van der Waals surface area contributed by atoms with Crippen LogP contribution in [0, 0.1) is 0 Å². The molecule has 0 saturated carbocycles. The number of allylic oxidation sites excluding steroid dienone is 2. The lowest BCUT2D eigenvalue weighted by molar-refractivity contribution is -0.133. The van der Waals surface area contributed by atoms with Gasteiger partial charge in [0.15, 0.2) is 0 Å². The fourth-order valence-corrected chi connectivity index (χ4v) is 5.42. The monoisotopic (exact) mass is 530 g/mol. The Morgan fingerprint density at radius 3 is 1.37 bits per heavy atom. The predicted molar refractivity (Wildman–Crippen MR) is 141 cm³/mol. The minimum absolute atomic E-state index is 0.104. The molecule has 0 spiro atoms. The Kier molecular flexibility index (Phi) is 9.40. The van der Waals surface area contributed by atoms with Gasteiger partial charge in [-0.1, -0.05) is 48.6 Å². The van der Waals surface area contributed by atoms with Crippen LogP contribution in [0.4, 0.5) is 0 Å². The number of piperidine rings is 2. The molecule has 2 aromatic carbocycles. The van der Waals surface area contributed by atoms with Crippen molar-refractivity contribution < 1.29 is 40.9 Å². The van der Waals surface area contributed by atoms with Crippen LogP contribution in [0.15, 0.2) is 61.0 Å². The molecule has 10 heteroatoms. The van der Waals surface area contributed by atoms with Crippen molar-refractivity contribution in [1.29, 1.82) is 0 Å². The summed E-state index contributed by atoms with van der Waals surface area (Å²) < 4.78 is 0. The van der Waals surface area contributed by atoms with Crippen molar-refractivity contribution in [3.05, 3.63) is 72.1 Å². The number of rotatable bonds is 8. The average molecular weight is 531 g/mol. The quantitative estimate of drug-likeness (QED) is 0.201. The highest BCUT2D eigenvalue weighted by Crippen LogP contribution is 2.25. The van der Waals surface area contributed by atoms with Gasteiger partial charge in [0.25, 0.3) is 0 Å². The minimum Gasteiger partial charge on any atom is -0.394 e. The molecule has 0 radical (unpaired) electrons. The number of β-amino-alcohol motifs (C(OH)–C–C–N with tert-alkyl or cyclic N) is 2. The van der Waals surface area contributed by atoms with Crippen LogP contribution in [0.3, 0.4) is 0 Å². The fourth-order valence-electron chi connectivity index (χ4n) is 5.42. The van der Waals surface area contributed by atoms with Crippen LogP contribution in [-0.2, 0) is 12.8 Å². The van der Waals surface area contributed by atoms with Gasteiger partial charge in [0.1, 0.15) is 24.4 Å². The number of benzene rings is 2. The zero-order valence-electron chi connectivity index (χ0n) is 21.1. The molecule has 10 nitrogen and oxygen atoms in total. The highest BCUT2D eigenvalue weighted by molar-refractivity contribution is 5.89. The third-order valence-electron chi connectivity index (χ3n) is 7.67. The summed E-state index contributed by atoms with van der Waals surface area (Å²) in [6, 6.07) is 10.7. The van der Waals surface area contributed by atoms with E-state index >= 15 is 0 Å². The second-order valence-electron chi connectivity index (χ2n) is 10.1. The summed E-state index contributed by atoms with van der Waals surface area (Å²) in [7, 11) is 0. The molecular formula is C28H38N2O8. The summed E-state index contributed by atoms with van der Waals surface area (Å²) in [4.78, 5) is 3.30. The summed E-state index contributed by atoms with van der Waals surface area (Å²) in [6.07, 6.45) is 1.10. The molecule has 2 aliphatic heterocycles.